The molecule has 0 aromatic heterocycles. The maximum Gasteiger partial charge on any atom is 0.223 e. The highest BCUT2D eigenvalue weighted by molar-refractivity contribution is 7.91. The molecule has 1 N–H and O–H groups in total. The van der Waals surface area contributed by atoms with Crippen molar-refractivity contribution in [2.24, 2.45) is 0 Å². The number of sulfone groups is 1. The number of rotatable bonds is 3. The SMILES string of the molecule is CC1(C)Oc2ccc(S(=O)(=O)c3ccc(Cl)cc3)cc2C(N2CCCCC2=O)C1O. The molecule has 2 aromatic carbocycles. The van der Waals surface area contributed by atoms with Crippen LogP contribution in [-0.4, -0.2) is 42.6 Å². The lowest BCUT2D eigenvalue weighted by atomic mass is 9.84. The summed E-state index contributed by atoms with van der Waals surface area (Å²) in [6.07, 6.45) is 1.08. The average Bonchev–Trinajstić information content (AvgIpc) is 2.70. The van der Waals surface area contributed by atoms with Gasteiger partial charge in [0.1, 0.15) is 17.5 Å². The topological polar surface area (TPSA) is 83.9 Å². The summed E-state index contributed by atoms with van der Waals surface area (Å²) in [5.41, 5.74) is -0.418. The molecule has 1 fully saturated rings. The number of nitrogens with zero attached hydrogens (tertiary/aromatic N) is 1. The predicted molar refractivity (Wildman–Crippen MR) is 112 cm³/mol. The van der Waals surface area contributed by atoms with E-state index in [1.165, 1.54) is 36.4 Å². The zero-order valence-electron chi connectivity index (χ0n) is 16.8. The number of aliphatic hydroxyl groups excluding tert-OH is 1. The summed E-state index contributed by atoms with van der Waals surface area (Å²) >= 11 is 5.89. The first kappa shape index (κ1) is 21.2. The van der Waals surface area contributed by atoms with Crippen LogP contribution in [0.5, 0.6) is 5.75 Å². The minimum atomic E-state index is -3.80. The van der Waals surface area contributed by atoms with Gasteiger partial charge in [-0.25, -0.2) is 8.42 Å². The van der Waals surface area contributed by atoms with Crippen LogP contribution in [0.2, 0.25) is 5.02 Å². The van der Waals surface area contributed by atoms with Crippen LogP contribution < -0.4 is 4.74 Å². The number of amides is 1. The minimum absolute atomic E-state index is 0.0417. The lowest BCUT2D eigenvalue weighted by Crippen LogP contribution is -2.55. The number of likely N-dealkylation sites (tertiary alicyclic amines) is 1. The molecule has 2 aromatic rings. The fourth-order valence-electron chi connectivity index (χ4n) is 4.12. The number of ether oxygens (including phenoxy) is 1. The lowest BCUT2D eigenvalue weighted by molar-refractivity contribution is -0.147. The molecular formula is C22H24ClNO5S. The monoisotopic (exact) mass is 449 g/mol. The molecule has 4 rings (SSSR count). The molecule has 160 valence electrons. The van der Waals surface area contributed by atoms with Gasteiger partial charge in [-0.1, -0.05) is 11.6 Å². The maximum absolute atomic E-state index is 13.2. The van der Waals surface area contributed by atoms with Crippen LogP contribution in [0, 0.1) is 0 Å². The van der Waals surface area contributed by atoms with Gasteiger partial charge < -0.3 is 14.7 Å². The molecule has 1 saturated heterocycles. The molecule has 6 nitrogen and oxygen atoms in total. The van der Waals surface area contributed by atoms with Gasteiger partial charge in [-0.3, -0.25) is 4.79 Å². The van der Waals surface area contributed by atoms with Crippen LogP contribution in [0.1, 0.15) is 44.7 Å². The van der Waals surface area contributed by atoms with E-state index in [0.717, 1.165) is 12.8 Å². The normalized spacial score (nSPS) is 23.6. The van der Waals surface area contributed by atoms with E-state index in [9.17, 15) is 18.3 Å². The highest BCUT2D eigenvalue weighted by Gasteiger charge is 2.47. The van der Waals surface area contributed by atoms with Crippen molar-refractivity contribution in [2.45, 2.75) is 60.6 Å². The van der Waals surface area contributed by atoms with Gasteiger partial charge in [-0.15, -0.1) is 0 Å². The van der Waals surface area contributed by atoms with Crippen molar-refractivity contribution in [1.82, 2.24) is 4.90 Å². The van der Waals surface area contributed by atoms with E-state index < -0.39 is 27.6 Å². The third kappa shape index (κ3) is 3.59. The quantitative estimate of drug-likeness (QED) is 0.771. The van der Waals surface area contributed by atoms with E-state index in [4.69, 9.17) is 16.3 Å². The zero-order valence-corrected chi connectivity index (χ0v) is 18.4. The van der Waals surface area contributed by atoms with E-state index in [0.29, 0.717) is 29.3 Å². The van der Waals surface area contributed by atoms with Crippen LogP contribution in [0.4, 0.5) is 0 Å². The Morgan fingerprint density at radius 3 is 2.43 bits per heavy atom. The Hall–Kier alpha value is -2.09. The molecule has 0 bridgehead atoms. The second-order valence-electron chi connectivity index (χ2n) is 8.30. The first-order chi connectivity index (χ1) is 14.1. The van der Waals surface area contributed by atoms with Gasteiger partial charge in [0.15, 0.2) is 0 Å². The summed E-state index contributed by atoms with van der Waals surface area (Å²) in [5.74, 6) is 0.434. The summed E-state index contributed by atoms with van der Waals surface area (Å²) in [4.78, 5) is 14.5. The van der Waals surface area contributed by atoms with Gasteiger partial charge in [0.25, 0.3) is 0 Å². The van der Waals surface area contributed by atoms with Crippen molar-refractivity contribution < 1.29 is 23.1 Å². The molecule has 2 aliphatic heterocycles. The van der Waals surface area contributed by atoms with Crippen molar-refractivity contribution in [2.75, 3.05) is 6.54 Å². The second kappa shape index (κ2) is 7.55. The Balaban J connectivity index is 1.83. The zero-order chi connectivity index (χ0) is 21.7. The number of carbonyl (C=O) groups excluding carboxylic acids is 1. The maximum atomic E-state index is 13.2. The number of hydrogen-bond acceptors (Lipinski definition) is 5. The Labute approximate surface area is 181 Å². The van der Waals surface area contributed by atoms with Gasteiger partial charge in [0, 0.05) is 23.6 Å². The molecule has 1 amide bonds. The first-order valence-electron chi connectivity index (χ1n) is 9.92. The molecular weight excluding hydrogens is 426 g/mol. The Morgan fingerprint density at radius 1 is 1.10 bits per heavy atom. The van der Waals surface area contributed by atoms with Crippen LogP contribution in [0.3, 0.4) is 0 Å². The number of fused-ring (bicyclic) bond motifs is 1. The molecule has 2 aliphatic rings. The minimum Gasteiger partial charge on any atom is -0.485 e. The van der Waals surface area contributed by atoms with Crippen LogP contribution in [-0.2, 0) is 14.6 Å². The van der Waals surface area contributed by atoms with Crippen molar-refractivity contribution in [1.29, 1.82) is 0 Å². The summed E-state index contributed by atoms with van der Waals surface area (Å²) < 4.78 is 32.3. The van der Waals surface area contributed by atoms with Crippen LogP contribution >= 0.6 is 11.6 Å². The van der Waals surface area contributed by atoms with Crippen molar-refractivity contribution >= 4 is 27.3 Å². The summed E-state index contributed by atoms with van der Waals surface area (Å²) in [6, 6.07) is 9.91. The number of piperidine rings is 1. The molecule has 0 radical (unpaired) electrons. The van der Waals surface area contributed by atoms with Crippen molar-refractivity contribution in [3.63, 3.8) is 0 Å². The summed E-state index contributed by atoms with van der Waals surface area (Å²) in [7, 11) is -3.80. The van der Waals surface area contributed by atoms with Crippen LogP contribution in [0.25, 0.3) is 0 Å². The predicted octanol–water partition coefficient (Wildman–Crippen LogP) is 3.76. The Kier molecular flexibility index (Phi) is 5.33. The third-order valence-corrected chi connectivity index (χ3v) is 7.83. The van der Waals surface area contributed by atoms with Crippen LogP contribution in [0.15, 0.2) is 52.3 Å². The van der Waals surface area contributed by atoms with Gasteiger partial charge in [-0.05, 0) is 69.2 Å². The van der Waals surface area contributed by atoms with Gasteiger partial charge >= 0.3 is 0 Å². The highest BCUT2D eigenvalue weighted by Crippen LogP contribution is 2.45. The summed E-state index contributed by atoms with van der Waals surface area (Å²) in [6.45, 7) is 4.05. The van der Waals surface area contributed by atoms with Gasteiger partial charge in [0.2, 0.25) is 15.7 Å². The van der Waals surface area contributed by atoms with Gasteiger partial charge in [0.05, 0.1) is 15.8 Å². The number of aliphatic hydroxyl groups is 1. The molecule has 8 heteroatoms. The molecule has 0 aliphatic carbocycles. The first-order valence-corrected chi connectivity index (χ1v) is 11.8. The molecule has 0 saturated carbocycles. The molecule has 2 atom stereocenters. The molecule has 2 heterocycles. The number of hydrogen-bond donors (Lipinski definition) is 1. The lowest BCUT2D eigenvalue weighted by Gasteiger charge is -2.47. The van der Waals surface area contributed by atoms with Gasteiger partial charge in [-0.2, -0.15) is 0 Å². The Morgan fingerprint density at radius 2 is 1.77 bits per heavy atom. The number of carbonyl (C=O) groups is 1. The standard InChI is InChI=1S/C22H24ClNO5S/c1-22(2)21(26)20(24-12-4-3-5-19(24)25)17-13-16(10-11-18(17)29-22)30(27,28)15-8-6-14(23)7-9-15/h6-11,13,20-21,26H,3-5,12H2,1-2H3. The smallest absolute Gasteiger partial charge is 0.223 e. The summed E-state index contributed by atoms with van der Waals surface area (Å²) in [5, 5.41) is 11.5. The third-order valence-electron chi connectivity index (χ3n) is 5.81. The van der Waals surface area contributed by atoms with E-state index >= 15 is 0 Å². The largest absolute Gasteiger partial charge is 0.485 e. The fraction of sp³-hybridized carbons (Fsp3) is 0.409. The fourth-order valence-corrected chi connectivity index (χ4v) is 5.54. The molecule has 0 spiro atoms. The van der Waals surface area contributed by atoms with Crippen molar-refractivity contribution in [3.05, 3.63) is 53.1 Å². The molecule has 30 heavy (non-hydrogen) atoms. The number of benzene rings is 2. The van der Waals surface area contributed by atoms with Crippen molar-refractivity contribution in [3.8, 4) is 5.75 Å². The van der Waals surface area contributed by atoms with E-state index in [-0.39, 0.29) is 15.7 Å². The number of halogens is 1. The average molecular weight is 450 g/mol. The van der Waals surface area contributed by atoms with E-state index in [2.05, 4.69) is 0 Å². The second-order valence-corrected chi connectivity index (χ2v) is 10.7. The van der Waals surface area contributed by atoms with E-state index in [1.54, 1.807) is 24.8 Å². The molecule has 2 unspecified atom stereocenters. The Bertz CT molecular complexity index is 1080. The van der Waals surface area contributed by atoms with E-state index in [1.807, 2.05) is 0 Å². The highest BCUT2D eigenvalue weighted by atomic mass is 35.5.